The SMILES string of the molecule is CCC(C)C(=O)N(C)CC(O)COC. The highest BCUT2D eigenvalue weighted by molar-refractivity contribution is 5.78. The summed E-state index contributed by atoms with van der Waals surface area (Å²) in [6.45, 7) is 4.46. The standard InChI is InChI=1S/C10H21NO3/c1-5-8(2)10(13)11(3)6-9(12)7-14-4/h8-9,12H,5-7H2,1-4H3. The molecule has 2 unspecified atom stereocenters. The quantitative estimate of drug-likeness (QED) is 0.684. The van der Waals surface area contributed by atoms with Crippen LogP contribution in [-0.4, -0.2) is 49.3 Å². The first-order chi connectivity index (χ1) is 6.52. The zero-order valence-electron chi connectivity index (χ0n) is 9.49. The molecule has 1 N–H and O–H groups in total. The maximum absolute atomic E-state index is 11.6. The van der Waals surface area contributed by atoms with E-state index in [1.54, 1.807) is 11.9 Å². The van der Waals surface area contributed by atoms with Crippen LogP contribution in [0, 0.1) is 5.92 Å². The lowest BCUT2D eigenvalue weighted by atomic mass is 10.1. The number of rotatable bonds is 6. The molecule has 0 spiro atoms. The van der Waals surface area contributed by atoms with Gasteiger partial charge in [0.25, 0.3) is 0 Å². The molecule has 2 atom stereocenters. The third-order valence-corrected chi connectivity index (χ3v) is 2.25. The average molecular weight is 203 g/mol. The summed E-state index contributed by atoms with van der Waals surface area (Å²) in [4.78, 5) is 13.1. The summed E-state index contributed by atoms with van der Waals surface area (Å²) in [5, 5.41) is 9.40. The number of ether oxygens (including phenoxy) is 1. The van der Waals surface area contributed by atoms with Crippen LogP contribution < -0.4 is 0 Å². The van der Waals surface area contributed by atoms with Crippen molar-refractivity contribution in [2.24, 2.45) is 5.92 Å². The number of amides is 1. The Labute approximate surface area is 85.9 Å². The zero-order valence-corrected chi connectivity index (χ0v) is 9.49. The van der Waals surface area contributed by atoms with Gasteiger partial charge in [0.15, 0.2) is 0 Å². The highest BCUT2D eigenvalue weighted by Crippen LogP contribution is 2.05. The minimum atomic E-state index is -0.599. The Balaban J connectivity index is 3.94. The van der Waals surface area contributed by atoms with Crippen molar-refractivity contribution in [2.45, 2.75) is 26.4 Å². The van der Waals surface area contributed by atoms with Gasteiger partial charge >= 0.3 is 0 Å². The fourth-order valence-corrected chi connectivity index (χ4v) is 1.20. The lowest BCUT2D eigenvalue weighted by Gasteiger charge is -2.23. The molecular formula is C10H21NO3. The fourth-order valence-electron chi connectivity index (χ4n) is 1.20. The van der Waals surface area contributed by atoms with E-state index in [4.69, 9.17) is 4.74 Å². The van der Waals surface area contributed by atoms with E-state index < -0.39 is 6.10 Å². The van der Waals surface area contributed by atoms with Crippen molar-refractivity contribution < 1.29 is 14.6 Å². The van der Waals surface area contributed by atoms with Crippen LogP contribution in [0.15, 0.2) is 0 Å². The second kappa shape index (κ2) is 6.79. The molecule has 0 bridgehead atoms. The number of carbonyl (C=O) groups excluding carboxylic acids is 1. The van der Waals surface area contributed by atoms with Crippen LogP contribution in [0.5, 0.6) is 0 Å². The van der Waals surface area contributed by atoms with Crippen LogP contribution in [0.2, 0.25) is 0 Å². The molecule has 0 heterocycles. The third-order valence-electron chi connectivity index (χ3n) is 2.25. The van der Waals surface area contributed by atoms with E-state index in [9.17, 15) is 9.90 Å². The minimum Gasteiger partial charge on any atom is -0.389 e. The summed E-state index contributed by atoms with van der Waals surface area (Å²) in [6.07, 6.45) is 0.224. The molecule has 0 aliphatic rings. The molecule has 0 fully saturated rings. The van der Waals surface area contributed by atoms with E-state index in [0.29, 0.717) is 6.54 Å². The summed E-state index contributed by atoms with van der Waals surface area (Å²) >= 11 is 0. The van der Waals surface area contributed by atoms with Crippen LogP contribution in [0.3, 0.4) is 0 Å². The molecule has 1 amide bonds. The number of hydrogen-bond acceptors (Lipinski definition) is 3. The average Bonchev–Trinajstić information content (AvgIpc) is 2.15. The highest BCUT2D eigenvalue weighted by atomic mass is 16.5. The normalized spacial score (nSPS) is 14.9. The van der Waals surface area contributed by atoms with Crippen LogP contribution in [0.4, 0.5) is 0 Å². The van der Waals surface area contributed by atoms with E-state index in [2.05, 4.69) is 0 Å². The first kappa shape index (κ1) is 13.4. The second-order valence-electron chi connectivity index (χ2n) is 3.64. The number of nitrogens with zero attached hydrogens (tertiary/aromatic N) is 1. The van der Waals surface area contributed by atoms with Gasteiger partial charge in [-0.2, -0.15) is 0 Å². The smallest absolute Gasteiger partial charge is 0.225 e. The molecule has 0 aromatic carbocycles. The molecule has 0 saturated carbocycles. The molecule has 0 aliphatic carbocycles. The van der Waals surface area contributed by atoms with Crippen LogP contribution in [0.25, 0.3) is 0 Å². The van der Waals surface area contributed by atoms with Crippen LogP contribution >= 0.6 is 0 Å². The van der Waals surface area contributed by atoms with E-state index in [1.165, 1.54) is 7.11 Å². The Morgan fingerprint density at radius 1 is 1.57 bits per heavy atom. The van der Waals surface area contributed by atoms with Crippen molar-refractivity contribution in [1.29, 1.82) is 0 Å². The molecule has 4 heteroatoms. The molecule has 14 heavy (non-hydrogen) atoms. The van der Waals surface area contributed by atoms with Crippen molar-refractivity contribution >= 4 is 5.91 Å². The van der Waals surface area contributed by atoms with Crippen LogP contribution in [0.1, 0.15) is 20.3 Å². The molecule has 0 aromatic rings. The first-order valence-electron chi connectivity index (χ1n) is 4.94. The van der Waals surface area contributed by atoms with Crippen molar-refractivity contribution in [1.82, 2.24) is 4.90 Å². The summed E-state index contributed by atoms with van der Waals surface area (Å²) in [5.41, 5.74) is 0. The maximum Gasteiger partial charge on any atom is 0.225 e. The van der Waals surface area contributed by atoms with Gasteiger partial charge in [-0.15, -0.1) is 0 Å². The van der Waals surface area contributed by atoms with Crippen LogP contribution in [-0.2, 0) is 9.53 Å². The lowest BCUT2D eigenvalue weighted by Crippen LogP contribution is -2.38. The van der Waals surface area contributed by atoms with Gasteiger partial charge in [0.05, 0.1) is 12.7 Å². The predicted octanol–water partition coefficient (Wildman–Crippen LogP) is 0.498. The van der Waals surface area contributed by atoms with Crippen molar-refractivity contribution in [3.05, 3.63) is 0 Å². The zero-order chi connectivity index (χ0) is 11.1. The number of aliphatic hydroxyl groups is 1. The fraction of sp³-hybridized carbons (Fsp3) is 0.900. The summed E-state index contributed by atoms with van der Waals surface area (Å²) < 4.78 is 4.78. The number of likely N-dealkylation sites (N-methyl/N-ethyl adjacent to an activating group) is 1. The monoisotopic (exact) mass is 203 g/mol. The number of hydrogen-bond donors (Lipinski definition) is 1. The Bertz CT molecular complexity index is 173. The topological polar surface area (TPSA) is 49.8 Å². The number of carbonyl (C=O) groups is 1. The maximum atomic E-state index is 11.6. The second-order valence-corrected chi connectivity index (χ2v) is 3.64. The molecular weight excluding hydrogens is 182 g/mol. The summed E-state index contributed by atoms with van der Waals surface area (Å²) in [6, 6.07) is 0. The van der Waals surface area contributed by atoms with Gasteiger partial charge in [-0.05, 0) is 6.42 Å². The van der Waals surface area contributed by atoms with Crippen molar-refractivity contribution in [3.8, 4) is 0 Å². The van der Waals surface area contributed by atoms with Gasteiger partial charge in [0, 0.05) is 26.6 Å². The van der Waals surface area contributed by atoms with Gasteiger partial charge in [-0.25, -0.2) is 0 Å². The molecule has 0 radical (unpaired) electrons. The Kier molecular flexibility index (Phi) is 6.49. The van der Waals surface area contributed by atoms with Gasteiger partial charge in [-0.3, -0.25) is 4.79 Å². The van der Waals surface area contributed by atoms with Gasteiger partial charge in [-0.1, -0.05) is 13.8 Å². The lowest BCUT2D eigenvalue weighted by molar-refractivity contribution is -0.135. The van der Waals surface area contributed by atoms with Gasteiger partial charge < -0.3 is 14.7 Å². The minimum absolute atomic E-state index is 0.0229. The summed E-state index contributed by atoms with van der Waals surface area (Å²) in [7, 11) is 3.23. The molecule has 84 valence electrons. The first-order valence-corrected chi connectivity index (χ1v) is 4.94. The largest absolute Gasteiger partial charge is 0.389 e. The molecule has 0 saturated heterocycles. The van der Waals surface area contributed by atoms with Crippen molar-refractivity contribution in [3.63, 3.8) is 0 Å². The summed E-state index contributed by atoms with van der Waals surface area (Å²) in [5.74, 6) is 0.0948. The van der Waals surface area contributed by atoms with Crippen molar-refractivity contribution in [2.75, 3.05) is 27.3 Å². The molecule has 4 nitrogen and oxygen atoms in total. The molecule has 0 aromatic heterocycles. The number of aliphatic hydroxyl groups excluding tert-OH is 1. The molecule has 0 rings (SSSR count). The van der Waals surface area contributed by atoms with Gasteiger partial charge in [0.2, 0.25) is 5.91 Å². The van der Waals surface area contributed by atoms with E-state index >= 15 is 0 Å². The highest BCUT2D eigenvalue weighted by Gasteiger charge is 2.17. The third kappa shape index (κ3) is 4.58. The van der Waals surface area contributed by atoms with E-state index in [-0.39, 0.29) is 18.4 Å². The Hall–Kier alpha value is -0.610. The van der Waals surface area contributed by atoms with Gasteiger partial charge in [0.1, 0.15) is 0 Å². The Morgan fingerprint density at radius 2 is 2.14 bits per heavy atom. The molecule has 0 aliphatic heterocycles. The van der Waals surface area contributed by atoms with E-state index in [1.807, 2.05) is 13.8 Å². The number of methoxy groups -OCH3 is 1. The predicted molar refractivity (Wildman–Crippen MR) is 55.0 cm³/mol. The van der Waals surface area contributed by atoms with E-state index in [0.717, 1.165) is 6.42 Å². The Morgan fingerprint density at radius 3 is 2.57 bits per heavy atom.